The van der Waals surface area contributed by atoms with Crippen molar-refractivity contribution in [3.63, 3.8) is 0 Å². The molecule has 0 aromatic heterocycles. The van der Waals surface area contributed by atoms with Gasteiger partial charge in [-0.2, -0.15) is 0 Å². The average Bonchev–Trinajstić information content (AvgIpc) is 2.66. The van der Waals surface area contributed by atoms with Crippen LogP contribution in [-0.4, -0.2) is 14.3 Å². The largest absolute Gasteiger partial charge is 0.322 e. The summed E-state index contributed by atoms with van der Waals surface area (Å²) in [6.45, 7) is 5.41. The van der Waals surface area contributed by atoms with Crippen molar-refractivity contribution in [2.45, 2.75) is 25.7 Å². The van der Waals surface area contributed by atoms with E-state index in [2.05, 4.69) is 10.0 Å². The van der Waals surface area contributed by atoms with E-state index in [0.29, 0.717) is 22.0 Å². The maximum atomic E-state index is 12.8. The quantitative estimate of drug-likeness (QED) is 0.577. The van der Waals surface area contributed by atoms with Crippen molar-refractivity contribution >= 4 is 38.9 Å². The lowest BCUT2D eigenvalue weighted by Gasteiger charge is -2.14. The summed E-state index contributed by atoms with van der Waals surface area (Å²) in [6.07, 6.45) is 0. The summed E-state index contributed by atoms with van der Waals surface area (Å²) in [5.74, 6) is -0.388. The monoisotopic (exact) mass is 428 g/mol. The first-order chi connectivity index (χ1) is 13.7. The third-order valence-corrected chi connectivity index (χ3v) is 6.19. The van der Waals surface area contributed by atoms with Gasteiger partial charge < -0.3 is 5.32 Å². The van der Waals surface area contributed by atoms with Crippen LogP contribution in [0.2, 0.25) is 5.02 Å². The second kappa shape index (κ2) is 8.27. The Morgan fingerprint density at radius 3 is 2.24 bits per heavy atom. The highest BCUT2D eigenvalue weighted by molar-refractivity contribution is 7.92. The highest BCUT2D eigenvalue weighted by Gasteiger charge is 2.19. The lowest BCUT2D eigenvalue weighted by atomic mass is 10.1. The van der Waals surface area contributed by atoms with E-state index in [9.17, 15) is 13.2 Å². The van der Waals surface area contributed by atoms with Crippen LogP contribution in [0.3, 0.4) is 0 Å². The molecule has 0 aliphatic rings. The van der Waals surface area contributed by atoms with Gasteiger partial charge in [-0.05, 0) is 73.9 Å². The van der Waals surface area contributed by atoms with Gasteiger partial charge in [0.2, 0.25) is 0 Å². The van der Waals surface area contributed by atoms with Crippen molar-refractivity contribution in [3.8, 4) is 0 Å². The number of rotatable bonds is 5. The normalized spacial score (nSPS) is 11.2. The number of anilines is 2. The number of halogens is 1. The van der Waals surface area contributed by atoms with Crippen molar-refractivity contribution in [1.82, 2.24) is 0 Å². The van der Waals surface area contributed by atoms with Gasteiger partial charge in [0.15, 0.2) is 0 Å². The van der Waals surface area contributed by atoms with Crippen LogP contribution in [0, 0.1) is 20.8 Å². The van der Waals surface area contributed by atoms with Gasteiger partial charge in [0.05, 0.1) is 10.6 Å². The number of carbonyl (C=O) groups excluding carboxylic acids is 1. The minimum absolute atomic E-state index is 0.0179. The molecular formula is C22H21ClN2O3S. The summed E-state index contributed by atoms with van der Waals surface area (Å²) in [6, 6.07) is 16.7. The molecule has 7 heteroatoms. The molecule has 3 aromatic carbocycles. The maximum Gasteiger partial charge on any atom is 0.261 e. The number of carbonyl (C=O) groups is 1. The molecule has 0 fully saturated rings. The third-order valence-electron chi connectivity index (χ3n) is 4.59. The van der Waals surface area contributed by atoms with Crippen LogP contribution in [0.25, 0.3) is 0 Å². The van der Waals surface area contributed by atoms with Gasteiger partial charge in [-0.3, -0.25) is 9.52 Å². The SMILES string of the molecule is Cc1cc(Cl)ccc1NC(=O)c1cc(S(=O)(=O)Nc2ccccc2C)ccc1C. The Bertz CT molecular complexity index is 1190. The standard InChI is InChI=1S/C22H21ClN2O3S/c1-14-8-10-18(29(27,28)25-21-7-5-4-6-15(21)2)13-19(14)22(26)24-20-11-9-17(23)12-16(20)3/h4-13,25H,1-3H3,(H,24,26). The van der Waals surface area contributed by atoms with E-state index < -0.39 is 10.0 Å². The Kier molecular flexibility index (Phi) is 5.96. The number of amides is 1. The molecule has 5 nitrogen and oxygen atoms in total. The number of nitrogens with one attached hydrogen (secondary N) is 2. The molecule has 150 valence electrons. The topological polar surface area (TPSA) is 75.3 Å². The van der Waals surface area contributed by atoms with Crippen molar-refractivity contribution in [2.75, 3.05) is 10.0 Å². The molecule has 0 aliphatic carbocycles. The second-order valence-corrected chi connectivity index (χ2v) is 8.93. The number of hydrogen-bond acceptors (Lipinski definition) is 3. The Morgan fingerprint density at radius 2 is 1.55 bits per heavy atom. The van der Waals surface area contributed by atoms with Gasteiger partial charge >= 0.3 is 0 Å². The predicted octanol–water partition coefficient (Wildman–Crippen LogP) is 5.32. The third kappa shape index (κ3) is 4.78. The van der Waals surface area contributed by atoms with Crippen LogP contribution >= 0.6 is 11.6 Å². The van der Waals surface area contributed by atoms with Crippen LogP contribution in [0.1, 0.15) is 27.0 Å². The number of para-hydroxylation sites is 1. The van der Waals surface area contributed by atoms with Crippen LogP contribution in [0.5, 0.6) is 0 Å². The zero-order valence-electron chi connectivity index (χ0n) is 16.3. The number of aryl methyl sites for hydroxylation is 3. The van der Waals surface area contributed by atoms with E-state index in [-0.39, 0.29) is 16.4 Å². The summed E-state index contributed by atoms with van der Waals surface area (Å²) in [7, 11) is -3.84. The molecule has 0 saturated carbocycles. The minimum atomic E-state index is -3.84. The molecule has 0 spiro atoms. The van der Waals surface area contributed by atoms with Gasteiger partial charge in [0.25, 0.3) is 15.9 Å². The van der Waals surface area contributed by atoms with Crippen molar-refractivity contribution < 1.29 is 13.2 Å². The molecule has 0 unspecified atom stereocenters. The molecular weight excluding hydrogens is 408 g/mol. The van der Waals surface area contributed by atoms with Crippen LogP contribution < -0.4 is 10.0 Å². The van der Waals surface area contributed by atoms with E-state index in [1.54, 1.807) is 43.3 Å². The van der Waals surface area contributed by atoms with Gasteiger partial charge in [-0.1, -0.05) is 35.9 Å². The van der Waals surface area contributed by atoms with Gasteiger partial charge in [-0.15, -0.1) is 0 Å². The fourth-order valence-corrected chi connectivity index (χ4v) is 4.24. The van der Waals surface area contributed by atoms with Gasteiger partial charge in [-0.25, -0.2) is 8.42 Å². The lowest BCUT2D eigenvalue weighted by molar-refractivity contribution is 0.102. The molecule has 0 aliphatic heterocycles. The first kappa shape index (κ1) is 20.9. The first-order valence-corrected chi connectivity index (χ1v) is 10.8. The summed E-state index contributed by atoms with van der Waals surface area (Å²) in [5, 5.41) is 3.40. The highest BCUT2D eigenvalue weighted by atomic mass is 35.5. The molecule has 0 heterocycles. The Balaban J connectivity index is 1.91. The van der Waals surface area contributed by atoms with E-state index in [1.807, 2.05) is 26.0 Å². The summed E-state index contributed by atoms with van der Waals surface area (Å²) in [5.41, 5.74) is 3.68. The fourth-order valence-electron chi connectivity index (χ4n) is 2.86. The van der Waals surface area contributed by atoms with E-state index in [4.69, 9.17) is 11.6 Å². The maximum absolute atomic E-state index is 12.8. The molecule has 0 bridgehead atoms. The number of benzene rings is 3. The molecule has 0 saturated heterocycles. The molecule has 0 atom stereocenters. The van der Waals surface area contributed by atoms with Crippen molar-refractivity contribution in [1.29, 1.82) is 0 Å². The zero-order valence-corrected chi connectivity index (χ0v) is 17.9. The summed E-state index contributed by atoms with van der Waals surface area (Å²) >= 11 is 5.96. The van der Waals surface area contributed by atoms with Crippen LogP contribution in [-0.2, 0) is 10.0 Å². The smallest absolute Gasteiger partial charge is 0.261 e. The Labute approximate surface area is 175 Å². The van der Waals surface area contributed by atoms with E-state index in [0.717, 1.165) is 11.1 Å². The Hall–Kier alpha value is -2.83. The number of hydrogen-bond donors (Lipinski definition) is 2. The van der Waals surface area contributed by atoms with E-state index in [1.165, 1.54) is 12.1 Å². The van der Waals surface area contributed by atoms with Crippen LogP contribution in [0.15, 0.2) is 65.6 Å². The molecule has 29 heavy (non-hydrogen) atoms. The minimum Gasteiger partial charge on any atom is -0.322 e. The number of sulfonamides is 1. The highest BCUT2D eigenvalue weighted by Crippen LogP contribution is 2.24. The second-order valence-electron chi connectivity index (χ2n) is 6.81. The van der Waals surface area contributed by atoms with Gasteiger partial charge in [0, 0.05) is 16.3 Å². The van der Waals surface area contributed by atoms with Gasteiger partial charge in [0.1, 0.15) is 0 Å². The van der Waals surface area contributed by atoms with Crippen molar-refractivity contribution in [3.05, 3.63) is 87.9 Å². The Morgan fingerprint density at radius 1 is 0.828 bits per heavy atom. The zero-order chi connectivity index (χ0) is 21.2. The van der Waals surface area contributed by atoms with Crippen molar-refractivity contribution in [2.24, 2.45) is 0 Å². The first-order valence-electron chi connectivity index (χ1n) is 8.94. The summed E-state index contributed by atoms with van der Waals surface area (Å²) in [4.78, 5) is 12.8. The molecule has 0 radical (unpaired) electrons. The van der Waals surface area contributed by atoms with Crippen LogP contribution in [0.4, 0.5) is 11.4 Å². The summed E-state index contributed by atoms with van der Waals surface area (Å²) < 4.78 is 28.2. The fraction of sp³-hybridized carbons (Fsp3) is 0.136. The average molecular weight is 429 g/mol. The molecule has 2 N–H and O–H groups in total. The lowest BCUT2D eigenvalue weighted by Crippen LogP contribution is -2.17. The molecule has 3 aromatic rings. The molecule has 3 rings (SSSR count). The predicted molar refractivity (Wildman–Crippen MR) is 117 cm³/mol. The van der Waals surface area contributed by atoms with E-state index >= 15 is 0 Å². The molecule has 1 amide bonds.